The van der Waals surface area contributed by atoms with E-state index in [2.05, 4.69) is 0 Å². The summed E-state index contributed by atoms with van der Waals surface area (Å²) < 4.78 is 46.3. The third kappa shape index (κ3) is 3.34. The molecule has 0 bridgehead atoms. The minimum absolute atomic E-state index is 0.0434. The molecule has 1 atom stereocenters. The number of hydrogen-bond acceptors (Lipinski definition) is 4. The van der Waals surface area contributed by atoms with Crippen LogP contribution in [-0.4, -0.2) is 27.7 Å². The van der Waals surface area contributed by atoms with Crippen LogP contribution in [0, 0.1) is 5.82 Å². The molecule has 0 aliphatic carbocycles. The number of halogens is 2. The molecule has 0 spiro atoms. The molecule has 0 N–H and O–H groups in total. The average molecular weight is 295 g/mol. The Hall–Kier alpha value is -0.850. The van der Waals surface area contributed by atoms with E-state index < -0.39 is 14.9 Å². The van der Waals surface area contributed by atoms with Crippen molar-refractivity contribution in [3.05, 3.63) is 24.0 Å². The second kappa shape index (κ2) is 5.42. The zero-order valence-corrected chi connectivity index (χ0v) is 11.0. The van der Waals surface area contributed by atoms with E-state index in [4.69, 9.17) is 20.2 Å². The molecule has 1 aromatic rings. The molecule has 1 unspecified atom stereocenters. The van der Waals surface area contributed by atoms with Crippen molar-refractivity contribution in [1.29, 1.82) is 0 Å². The maximum Gasteiger partial charge on any atom is 0.265 e. The summed E-state index contributed by atoms with van der Waals surface area (Å²) in [5.41, 5.74) is 0. The van der Waals surface area contributed by atoms with E-state index in [9.17, 15) is 12.8 Å². The lowest BCUT2D eigenvalue weighted by molar-refractivity contribution is 0.0669. The van der Waals surface area contributed by atoms with Crippen molar-refractivity contribution in [3.8, 4) is 5.75 Å². The van der Waals surface area contributed by atoms with Crippen LogP contribution in [0.4, 0.5) is 4.39 Å². The van der Waals surface area contributed by atoms with Gasteiger partial charge in [-0.25, -0.2) is 12.8 Å². The second-order valence-electron chi connectivity index (χ2n) is 3.97. The van der Waals surface area contributed by atoms with Gasteiger partial charge < -0.3 is 9.47 Å². The van der Waals surface area contributed by atoms with Crippen LogP contribution in [0.2, 0.25) is 0 Å². The zero-order chi connectivity index (χ0) is 13.2. The van der Waals surface area contributed by atoms with Gasteiger partial charge in [-0.3, -0.25) is 0 Å². The van der Waals surface area contributed by atoms with Gasteiger partial charge >= 0.3 is 0 Å². The molecule has 1 aromatic carbocycles. The van der Waals surface area contributed by atoms with Gasteiger partial charge in [0.1, 0.15) is 23.1 Å². The minimum Gasteiger partial charge on any atom is -0.489 e. The Morgan fingerprint density at radius 3 is 2.89 bits per heavy atom. The van der Waals surface area contributed by atoms with E-state index in [1.807, 2.05) is 0 Å². The van der Waals surface area contributed by atoms with Crippen molar-refractivity contribution in [3.63, 3.8) is 0 Å². The van der Waals surface area contributed by atoms with Crippen molar-refractivity contribution in [2.75, 3.05) is 13.2 Å². The van der Waals surface area contributed by atoms with Gasteiger partial charge in [-0.05, 0) is 31.0 Å². The first-order valence-electron chi connectivity index (χ1n) is 5.45. The van der Waals surface area contributed by atoms with Crippen LogP contribution >= 0.6 is 10.7 Å². The highest BCUT2D eigenvalue weighted by atomic mass is 35.7. The quantitative estimate of drug-likeness (QED) is 0.800. The second-order valence-corrected chi connectivity index (χ2v) is 6.51. The van der Waals surface area contributed by atoms with Gasteiger partial charge in [0.2, 0.25) is 0 Å². The average Bonchev–Trinajstić information content (AvgIpc) is 2.79. The molecule has 0 saturated carbocycles. The lowest BCUT2D eigenvalue weighted by Gasteiger charge is -2.13. The fourth-order valence-electron chi connectivity index (χ4n) is 1.75. The van der Waals surface area contributed by atoms with Gasteiger partial charge in [0.05, 0.1) is 6.10 Å². The Morgan fingerprint density at radius 2 is 2.28 bits per heavy atom. The first kappa shape index (κ1) is 13.6. The highest BCUT2D eigenvalue weighted by Crippen LogP contribution is 2.28. The number of hydrogen-bond donors (Lipinski definition) is 0. The largest absolute Gasteiger partial charge is 0.489 e. The van der Waals surface area contributed by atoms with Crippen LogP contribution in [0.1, 0.15) is 12.8 Å². The molecule has 0 amide bonds. The predicted octanol–water partition coefficient (Wildman–Crippen LogP) is 2.31. The van der Waals surface area contributed by atoms with Crippen LogP contribution in [0.3, 0.4) is 0 Å². The van der Waals surface area contributed by atoms with Crippen LogP contribution in [0.15, 0.2) is 23.1 Å². The van der Waals surface area contributed by atoms with Crippen LogP contribution < -0.4 is 4.74 Å². The standard InChI is InChI=1S/C11H12ClFO4S/c12-18(14,15)11-6-8(13)3-4-10(11)17-7-9-2-1-5-16-9/h3-4,6,9H,1-2,5,7H2. The number of ether oxygens (including phenoxy) is 2. The SMILES string of the molecule is O=S(=O)(Cl)c1cc(F)ccc1OCC1CCCO1. The van der Waals surface area contributed by atoms with E-state index in [1.54, 1.807) is 0 Å². The first-order valence-corrected chi connectivity index (χ1v) is 7.76. The summed E-state index contributed by atoms with van der Waals surface area (Å²) >= 11 is 0. The molecule has 2 rings (SSSR count). The molecule has 1 heterocycles. The molecular weight excluding hydrogens is 283 g/mol. The maximum absolute atomic E-state index is 13.0. The molecule has 100 valence electrons. The number of rotatable bonds is 4. The third-order valence-corrected chi connectivity index (χ3v) is 3.96. The summed E-state index contributed by atoms with van der Waals surface area (Å²) in [6.07, 6.45) is 1.77. The first-order chi connectivity index (χ1) is 8.47. The van der Waals surface area contributed by atoms with E-state index in [0.29, 0.717) is 6.61 Å². The topological polar surface area (TPSA) is 52.6 Å². The number of benzene rings is 1. The summed E-state index contributed by atoms with van der Waals surface area (Å²) in [7, 11) is 1.19. The maximum atomic E-state index is 13.0. The lowest BCUT2D eigenvalue weighted by atomic mass is 10.2. The molecule has 1 aliphatic rings. The molecule has 4 nitrogen and oxygen atoms in total. The lowest BCUT2D eigenvalue weighted by Crippen LogP contribution is -2.17. The Labute approximate surface area is 109 Å². The summed E-state index contributed by atoms with van der Waals surface area (Å²) in [4.78, 5) is -0.359. The fraction of sp³-hybridized carbons (Fsp3) is 0.455. The molecule has 1 saturated heterocycles. The summed E-state index contributed by atoms with van der Waals surface area (Å²) in [6.45, 7) is 0.906. The Kier molecular flexibility index (Phi) is 4.09. The van der Waals surface area contributed by atoms with Crippen molar-refractivity contribution in [2.45, 2.75) is 23.8 Å². The molecule has 18 heavy (non-hydrogen) atoms. The van der Waals surface area contributed by atoms with Gasteiger partial charge in [0.25, 0.3) is 9.05 Å². The van der Waals surface area contributed by atoms with E-state index in [0.717, 1.165) is 25.0 Å². The van der Waals surface area contributed by atoms with Crippen molar-refractivity contribution in [2.24, 2.45) is 0 Å². The Balaban J connectivity index is 2.16. The zero-order valence-electron chi connectivity index (χ0n) is 9.43. The normalized spacial score (nSPS) is 20.0. The van der Waals surface area contributed by atoms with Crippen LogP contribution in [0.25, 0.3) is 0 Å². The molecule has 7 heteroatoms. The van der Waals surface area contributed by atoms with Gasteiger partial charge in [-0.2, -0.15) is 0 Å². The van der Waals surface area contributed by atoms with Crippen molar-refractivity contribution < 1.29 is 22.3 Å². The molecular formula is C11H12ClFO4S. The van der Waals surface area contributed by atoms with Gasteiger partial charge in [-0.15, -0.1) is 0 Å². The highest BCUT2D eigenvalue weighted by molar-refractivity contribution is 8.13. The molecule has 0 radical (unpaired) electrons. The third-order valence-electron chi connectivity index (χ3n) is 2.62. The van der Waals surface area contributed by atoms with Crippen LogP contribution in [0.5, 0.6) is 5.75 Å². The van der Waals surface area contributed by atoms with E-state index in [-0.39, 0.29) is 23.4 Å². The molecule has 0 aromatic heterocycles. The summed E-state index contributed by atoms with van der Waals surface area (Å²) in [6, 6.07) is 3.21. The summed E-state index contributed by atoms with van der Waals surface area (Å²) in [5, 5.41) is 0. The highest BCUT2D eigenvalue weighted by Gasteiger charge is 2.21. The fourth-order valence-corrected chi connectivity index (χ4v) is 2.73. The summed E-state index contributed by atoms with van der Waals surface area (Å²) in [5.74, 6) is -0.638. The van der Waals surface area contributed by atoms with Gasteiger partial charge in [0, 0.05) is 17.3 Å². The van der Waals surface area contributed by atoms with Crippen LogP contribution in [-0.2, 0) is 13.8 Å². The van der Waals surface area contributed by atoms with Gasteiger partial charge in [-0.1, -0.05) is 0 Å². The van der Waals surface area contributed by atoms with E-state index >= 15 is 0 Å². The molecule has 1 aliphatic heterocycles. The Bertz CT molecular complexity index is 526. The van der Waals surface area contributed by atoms with E-state index in [1.165, 1.54) is 6.07 Å². The minimum atomic E-state index is -4.04. The van der Waals surface area contributed by atoms with Crippen molar-refractivity contribution in [1.82, 2.24) is 0 Å². The van der Waals surface area contributed by atoms with Crippen molar-refractivity contribution >= 4 is 19.7 Å². The Morgan fingerprint density at radius 1 is 1.50 bits per heavy atom. The van der Waals surface area contributed by atoms with Gasteiger partial charge in [0.15, 0.2) is 0 Å². The molecule has 1 fully saturated rings. The predicted molar refractivity (Wildman–Crippen MR) is 63.9 cm³/mol. The smallest absolute Gasteiger partial charge is 0.265 e. The monoisotopic (exact) mass is 294 g/mol.